The first-order valence-corrected chi connectivity index (χ1v) is 11.9. The van der Waals surface area contributed by atoms with Gasteiger partial charge in [0, 0.05) is 23.3 Å². The lowest BCUT2D eigenvalue weighted by atomic mass is 9.95. The standard InChI is InChI=1S/C30H26N2O4/c1-19(2)18-36-23-10-5-9-22(17-23)28(33)26-27(21-13-15-31-16-14-21)32(30(35)29(26)34)25-12-6-8-20-7-3-4-11-24(20)25/h3-17,19,27,33H,18H2,1-2H3/b28-26+. The molecule has 0 aliphatic carbocycles. The van der Waals surface area contributed by atoms with Gasteiger partial charge in [0.1, 0.15) is 11.5 Å². The van der Waals surface area contributed by atoms with Gasteiger partial charge in [-0.05, 0) is 47.2 Å². The predicted octanol–water partition coefficient (Wildman–Crippen LogP) is 5.90. The lowest BCUT2D eigenvalue weighted by Gasteiger charge is -2.26. The van der Waals surface area contributed by atoms with Crippen LogP contribution in [0.1, 0.15) is 31.0 Å². The summed E-state index contributed by atoms with van der Waals surface area (Å²) in [4.78, 5) is 32.6. The van der Waals surface area contributed by atoms with Crippen LogP contribution in [-0.2, 0) is 9.59 Å². The number of carbonyl (C=O) groups excluding carboxylic acids is 2. The number of hydrogen-bond donors (Lipinski definition) is 1. The first-order valence-electron chi connectivity index (χ1n) is 11.9. The molecule has 36 heavy (non-hydrogen) atoms. The van der Waals surface area contributed by atoms with Crippen LogP contribution in [0.4, 0.5) is 5.69 Å². The highest BCUT2D eigenvalue weighted by atomic mass is 16.5. The first-order chi connectivity index (χ1) is 17.5. The van der Waals surface area contributed by atoms with Crippen molar-refractivity contribution in [1.29, 1.82) is 0 Å². The fourth-order valence-electron chi connectivity index (χ4n) is 4.51. The Morgan fingerprint density at radius 2 is 1.69 bits per heavy atom. The lowest BCUT2D eigenvalue weighted by Crippen LogP contribution is -2.29. The highest BCUT2D eigenvalue weighted by molar-refractivity contribution is 6.52. The Morgan fingerprint density at radius 1 is 0.972 bits per heavy atom. The lowest BCUT2D eigenvalue weighted by molar-refractivity contribution is -0.132. The smallest absolute Gasteiger partial charge is 0.300 e. The van der Waals surface area contributed by atoms with Crippen molar-refractivity contribution in [2.24, 2.45) is 5.92 Å². The molecule has 5 rings (SSSR count). The molecule has 1 atom stereocenters. The number of anilines is 1. The van der Waals surface area contributed by atoms with Crippen LogP contribution in [0, 0.1) is 5.92 Å². The molecule has 1 aliphatic heterocycles. The van der Waals surface area contributed by atoms with E-state index in [1.165, 1.54) is 4.90 Å². The maximum atomic E-state index is 13.5. The number of ketones is 1. The van der Waals surface area contributed by atoms with E-state index in [1.54, 1.807) is 48.8 Å². The molecular weight excluding hydrogens is 452 g/mol. The summed E-state index contributed by atoms with van der Waals surface area (Å²) in [5, 5.41) is 13.2. The van der Waals surface area contributed by atoms with Gasteiger partial charge in [0.25, 0.3) is 11.7 Å². The molecule has 0 bridgehead atoms. The molecule has 1 fully saturated rings. The number of fused-ring (bicyclic) bond motifs is 1. The number of benzene rings is 3. The maximum absolute atomic E-state index is 13.5. The third-order valence-corrected chi connectivity index (χ3v) is 6.18. The molecule has 2 heterocycles. The monoisotopic (exact) mass is 478 g/mol. The SMILES string of the molecule is CC(C)COc1cccc(/C(O)=C2\C(=O)C(=O)N(c3cccc4ccccc34)C2c2ccncc2)c1. The van der Waals surface area contributed by atoms with Crippen molar-refractivity contribution in [2.75, 3.05) is 11.5 Å². The van der Waals surface area contributed by atoms with Crippen molar-refractivity contribution < 1.29 is 19.4 Å². The van der Waals surface area contributed by atoms with Crippen molar-refractivity contribution >= 4 is 33.9 Å². The number of ether oxygens (including phenoxy) is 1. The Balaban J connectivity index is 1.69. The Hall–Kier alpha value is -4.45. The van der Waals surface area contributed by atoms with E-state index < -0.39 is 17.7 Å². The Bertz CT molecular complexity index is 1470. The summed E-state index contributed by atoms with van der Waals surface area (Å²) in [6.07, 6.45) is 3.22. The third-order valence-electron chi connectivity index (χ3n) is 6.18. The minimum Gasteiger partial charge on any atom is -0.507 e. The second kappa shape index (κ2) is 9.66. The zero-order valence-corrected chi connectivity index (χ0v) is 20.1. The van der Waals surface area contributed by atoms with Gasteiger partial charge in [-0.15, -0.1) is 0 Å². The Kier molecular flexibility index (Phi) is 6.25. The van der Waals surface area contributed by atoms with Gasteiger partial charge in [-0.2, -0.15) is 0 Å². The topological polar surface area (TPSA) is 79.7 Å². The molecule has 0 spiro atoms. The molecule has 0 saturated carbocycles. The van der Waals surface area contributed by atoms with Gasteiger partial charge in [0.05, 0.1) is 23.9 Å². The zero-order chi connectivity index (χ0) is 25.2. The highest BCUT2D eigenvalue weighted by Crippen LogP contribution is 2.44. The molecule has 1 unspecified atom stereocenters. The number of rotatable bonds is 6. The predicted molar refractivity (Wildman–Crippen MR) is 140 cm³/mol. The van der Waals surface area contributed by atoms with Gasteiger partial charge in [-0.3, -0.25) is 19.5 Å². The van der Waals surface area contributed by atoms with Gasteiger partial charge < -0.3 is 9.84 Å². The van der Waals surface area contributed by atoms with Gasteiger partial charge in [0.2, 0.25) is 0 Å². The minimum absolute atomic E-state index is 0.0279. The highest BCUT2D eigenvalue weighted by Gasteiger charge is 2.47. The number of hydrogen-bond acceptors (Lipinski definition) is 5. The largest absolute Gasteiger partial charge is 0.507 e. The normalized spacial score (nSPS) is 17.2. The second-order valence-corrected chi connectivity index (χ2v) is 9.18. The summed E-state index contributed by atoms with van der Waals surface area (Å²) < 4.78 is 5.81. The minimum atomic E-state index is -0.820. The van der Waals surface area contributed by atoms with Crippen LogP contribution >= 0.6 is 0 Å². The van der Waals surface area contributed by atoms with Crippen molar-refractivity contribution in [3.8, 4) is 5.75 Å². The Labute approximate surface area is 209 Å². The van der Waals surface area contributed by atoms with Crippen LogP contribution in [-0.4, -0.2) is 28.4 Å². The van der Waals surface area contributed by atoms with Crippen molar-refractivity contribution in [3.05, 3.63) is 108 Å². The van der Waals surface area contributed by atoms with E-state index in [-0.39, 0.29) is 11.3 Å². The van der Waals surface area contributed by atoms with Crippen molar-refractivity contribution in [2.45, 2.75) is 19.9 Å². The van der Waals surface area contributed by atoms with E-state index in [4.69, 9.17) is 4.74 Å². The van der Waals surface area contributed by atoms with Gasteiger partial charge in [-0.25, -0.2) is 0 Å². The van der Waals surface area contributed by atoms with Crippen LogP contribution in [0.5, 0.6) is 5.75 Å². The molecule has 1 amide bonds. The Morgan fingerprint density at radius 3 is 2.47 bits per heavy atom. The molecule has 1 aliphatic rings. The van der Waals surface area contributed by atoms with Crippen LogP contribution in [0.15, 0.2) is 96.8 Å². The van der Waals surface area contributed by atoms with Crippen LogP contribution in [0.3, 0.4) is 0 Å². The number of aromatic nitrogens is 1. The van der Waals surface area contributed by atoms with E-state index in [9.17, 15) is 14.7 Å². The number of carbonyl (C=O) groups is 2. The average Bonchev–Trinajstić information content (AvgIpc) is 3.17. The van der Waals surface area contributed by atoms with Gasteiger partial charge in [-0.1, -0.05) is 62.4 Å². The summed E-state index contributed by atoms with van der Waals surface area (Å²) in [5.74, 6) is -0.762. The zero-order valence-electron chi connectivity index (χ0n) is 20.1. The van der Waals surface area contributed by atoms with E-state index in [2.05, 4.69) is 4.98 Å². The van der Waals surface area contributed by atoms with E-state index in [0.717, 1.165) is 10.8 Å². The second-order valence-electron chi connectivity index (χ2n) is 9.18. The number of Topliss-reactive ketones (excluding diaryl/α,β-unsaturated/α-hetero) is 1. The molecule has 6 heteroatoms. The quantitative estimate of drug-likeness (QED) is 0.212. The van der Waals surface area contributed by atoms with Crippen LogP contribution in [0.2, 0.25) is 0 Å². The molecule has 1 aromatic heterocycles. The first kappa shape index (κ1) is 23.3. The number of amides is 1. The van der Waals surface area contributed by atoms with E-state index >= 15 is 0 Å². The number of aliphatic hydroxyl groups excluding tert-OH is 1. The summed E-state index contributed by atoms with van der Waals surface area (Å²) >= 11 is 0. The van der Waals surface area contributed by atoms with Crippen molar-refractivity contribution in [1.82, 2.24) is 4.98 Å². The molecule has 1 saturated heterocycles. The summed E-state index contributed by atoms with van der Waals surface area (Å²) in [6.45, 7) is 4.62. The molecule has 6 nitrogen and oxygen atoms in total. The number of aliphatic hydroxyl groups is 1. The molecule has 1 N–H and O–H groups in total. The molecule has 0 radical (unpaired) electrons. The van der Waals surface area contributed by atoms with Crippen LogP contribution < -0.4 is 9.64 Å². The molecule has 4 aromatic rings. The summed E-state index contributed by atoms with van der Waals surface area (Å²) in [7, 11) is 0. The van der Waals surface area contributed by atoms with Crippen molar-refractivity contribution in [3.63, 3.8) is 0 Å². The molecular formula is C30H26N2O4. The van der Waals surface area contributed by atoms with Crippen LogP contribution in [0.25, 0.3) is 16.5 Å². The fraction of sp³-hybridized carbons (Fsp3) is 0.167. The maximum Gasteiger partial charge on any atom is 0.300 e. The molecule has 180 valence electrons. The van der Waals surface area contributed by atoms with Gasteiger partial charge in [0.15, 0.2) is 0 Å². The number of pyridine rings is 1. The summed E-state index contributed by atoms with van der Waals surface area (Å²) in [6, 6.07) is 23.0. The summed E-state index contributed by atoms with van der Waals surface area (Å²) in [5.41, 5.74) is 1.71. The average molecular weight is 479 g/mol. The molecule has 3 aromatic carbocycles. The third kappa shape index (κ3) is 4.22. The van der Waals surface area contributed by atoms with Gasteiger partial charge >= 0.3 is 0 Å². The van der Waals surface area contributed by atoms with E-state index in [0.29, 0.717) is 35.1 Å². The fourth-order valence-corrected chi connectivity index (χ4v) is 4.51. The number of nitrogens with zero attached hydrogens (tertiary/aromatic N) is 2. The van der Waals surface area contributed by atoms with E-state index in [1.807, 2.05) is 56.3 Å².